The number of nitrogens with zero attached hydrogens (tertiary/aromatic N) is 5. The smallest absolute Gasteiger partial charge is 0.317 e. The number of para-hydroxylation sites is 1. The average Bonchev–Trinajstić information content (AvgIpc) is 3.53. The molecule has 4 rings (SSSR count). The SMILES string of the molecule is COc1cccc(OC)c1-n1c(-c2ccc(C)o2)nnc1N(CCSI)SCCN1C(=O)NCCC1C. The maximum atomic E-state index is 12.4. The quantitative estimate of drug-likeness (QED) is 0.208. The Kier molecular flexibility index (Phi) is 9.76. The normalized spacial score (nSPS) is 15.5. The van der Waals surface area contributed by atoms with Gasteiger partial charge in [0.2, 0.25) is 11.8 Å². The third-order valence-electron chi connectivity index (χ3n) is 6.04. The highest BCUT2D eigenvalue weighted by Gasteiger charge is 2.28. The zero-order valence-corrected chi connectivity index (χ0v) is 25.1. The summed E-state index contributed by atoms with van der Waals surface area (Å²) >= 11 is 3.92. The fraction of sp³-hybridized carbons (Fsp3) is 0.458. The van der Waals surface area contributed by atoms with Gasteiger partial charge in [-0.1, -0.05) is 15.0 Å². The van der Waals surface area contributed by atoms with Crippen LogP contribution in [0.4, 0.5) is 10.7 Å². The van der Waals surface area contributed by atoms with Crippen LogP contribution in [0.2, 0.25) is 0 Å². The molecule has 2 amide bonds. The van der Waals surface area contributed by atoms with Gasteiger partial charge in [-0.25, -0.2) is 4.79 Å². The zero-order chi connectivity index (χ0) is 26.4. The van der Waals surface area contributed by atoms with Gasteiger partial charge in [-0.05, 0) is 77.7 Å². The molecule has 0 bridgehead atoms. The van der Waals surface area contributed by atoms with Crippen LogP contribution in [-0.4, -0.2) is 77.1 Å². The van der Waals surface area contributed by atoms with E-state index in [1.807, 2.05) is 46.7 Å². The average molecular weight is 659 g/mol. The molecule has 10 nitrogen and oxygen atoms in total. The third-order valence-corrected chi connectivity index (χ3v) is 8.72. The van der Waals surface area contributed by atoms with Gasteiger partial charge in [0.05, 0.1) is 14.2 Å². The van der Waals surface area contributed by atoms with Gasteiger partial charge >= 0.3 is 6.03 Å². The largest absolute Gasteiger partial charge is 0.494 e. The standard InChI is InChI=1S/C24H31IN6O4S2/c1-16-10-11-26-24(32)29(16)12-15-37-30(13-14-36-25)23-28-27-22(20-9-8-17(2)35-20)31(23)21-18(33-3)6-5-7-19(21)34-4/h5-9,16H,10-15H2,1-4H3,(H,26,32). The number of carbonyl (C=O) groups excluding carboxylic acids is 1. The molecule has 13 heteroatoms. The number of ether oxygens (including phenoxy) is 2. The van der Waals surface area contributed by atoms with Crippen LogP contribution in [0.15, 0.2) is 34.7 Å². The molecule has 1 aliphatic rings. The number of hydrogen-bond donors (Lipinski definition) is 1. The van der Waals surface area contributed by atoms with E-state index in [4.69, 9.17) is 13.9 Å². The lowest BCUT2D eigenvalue weighted by molar-refractivity contribution is 0.165. The summed E-state index contributed by atoms with van der Waals surface area (Å²) < 4.78 is 21.5. The maximum absolute atomic E-state index is 12.4. The Morgan fingerprint density at radius 2 is 1.95 bits per heavy atom. The molecule has 1 fully saturated rings. The second kappa shape index (κ2) is 13.0. The molecule has 0 radical (unpaired) electrons. The topological polar surface area (TPSA) is 97.9 Å². The van der Waals surface area contributed by atoms with Crippen LogP contribution < -0.4 is 19.1 Å². The zero-order valence-electron chi connectivity index (χ0n) is 21.3. The fourth-order valence-corrected chi connectivity index (χ4v) is 6.08. The summed E-state index contributed by atoms with van der Waals surface area (Å²) in [5.74, 6) is 5.36. The lowest BCUT2D eigenvalue weighted by Gasteiger charge is -2.34. The Balaban J connectivity index is 1.74. The number of amides is 2. The number of aryl methyl sites for hydroxylation is 1. The van der Waals surface area contributed by atoms with Crippen molar-refractivity contribution in [2.24, 2.45) is 0 Å². The van der Waals surface area contributed by atoms with Crippen molar-refractivity contribution in [3.63, 3.8) is 0 Å². The van der Waals surface area contributed by atoms with E-state index in [-0.39, 0.29) is 12.1 Å². The number of methoxy groups -OCH3 is 2. The minimum Gasteiger partial charge on any atom is -0.494 e. The lowest BCUT2D eigenvalue weighted by atomic mass is 10.2. The van der Waals surface area contributed by atoms with Crippen LogP contribution in [0.1, 0.15) is 19.1 Å². The molecule has 1 unspecified atom stereocenters. The Bertz CT molecular complexity index is 1180. The van der Waals surface area contributed by atoms with Gasteiger partial charge in [0, 0.05) is 37.2 Å². The van der Waals surface area contributed by atoms with E-state index in [1.165, 1.54) is 0 Å². The summed E-state index contributed by atoms with van der Waals surface area (Å²) in [7, 11) is 4.98. The van der Waals surface area contributed by atoms with E-state index >= 15 is 0 Å². The number of rotatable bonds is 12. The second-order valence-electron chi connectivity index (χ2n) is 8.39. The molecule has 0 saturated carbocycles. The monoisotopic (exact) mass is 658 g/mol. The van der Waals surface area contributed by atoms with E-state index in [0.717, 1.165) is 24.5 Å². The number of benzene rings is 1. The highest BCUT2D eigenvalue weighted by atomic mass is 127. The first-order valence-electron chi connectivity index (χ1n) is 11.9. The summed E-state index contributed by atoms with van der Waals surface area (Å²) in [6, 6.07) is 9.63. The number of anilines is 1. The van der Waals surface area contributed by atoms with Crippen molar-refractivity contribution in [2.75, 3.05) is 49.7 Å². The van der Waals surface area contributed by atoms with Gasteiger partial charge in [0.25, 0.3) is 0 Å². The highest BCUT2D eigenvalue weighted by molar-refractivity contribution is 14.2. The summed E-state index contributed by atoms with van der Waals surface area (Å²) in [5.41, 5.74) is 0.688. The summed E-state index contributed by atoms with van der Waals surface area (Å²) in [4.78, 5) is 14.3. The van der Waals surface area contributed by atoms with Gasteiger partial charge in [-0.2, -0.15) is 0 Å². The third kappa shape index (κ3) is 6.25. The van der Waals surface area contributed by atoms with E-state index in [9.17, 15) is 4.79 Å². The summed E-state index contributed by atoms with van der Waals surface area (Å²) in [6.45, 7) is 6.05. The first kappa shape index (κ1) is 27.8. The molecule has 3 aromatic rings. The van der Waals surface area contributed by atoms with E-state index < -0.39 is 0 Å². The predicted octanol–water partition coefficient (Wildman–Crippen LogP) is 5.19. The molecule has 37 heavy (non-hydrogen) atoms. The number of aromatic nitrogens is 3. The second-order valence-corrected chi connectivity index (χ2v) is 12.0. The van der Waals surface area contributed by atoms with Crippen LogP contribution in [0.25, 0.3) is 17.3 Å². The van der Waals surface area contributed by atoms with Crippen molar-refractivity contribution in [2.45, 2.75) is 26.3 Å². The molecule has 1 aliphatic heterocycles. The number of halogens is 1. The van der Waals surface area contributed by atoms with Crippen LogP contribution in [0.3, 0.4) is 0 Å². The van der Waals surface area contributed by atoms with Crippen LogP contribution >= 0.6 is 42.1 Å². The van der Waals surface area contributed by atoms with E-state index in [1.54, 1.807) is 35.1 Å². The number of nitrogens with one attached hydrogen (secondary N) is 1. The number of furan rings is 1. The van der Waals surface area contributed by atoms with Crippen LogP contribution in [-0.2, 0) is 0 Å². The van der Waals surface area contributed by atoms with Gasteiger partial charge in [0.1, 0.15) is 22.9 Å². The fourth-order valence-electron chi connectivity index (χ4n) is 4.17. The van der Waals surface area contributed by atoms with Crippen molar-refractivity contribution in [3.05, 3.63) is 36.1 Å². The summed E-state index contributed by atoms with van der Waals surface area (Å²) in [5, 5.41) is 12.1. The first-order chi connectivity index (χ1) is 18.0. The van der Waals surface area contributed by atoms with Gasteiger partial charge < -0.3 is 24.1 Å². The number of hydrogen-bond acceptors (Lipinski definition) is 9. The predicted molar refractivity (Wildman–Crippen MR) is 157 cm³/mol. The molecule has 3 heterocycles. The van der Waals surface area contributed by atoms with Gasteiger partial charge in [-0.3, -0.25) is 8.87 Å². The van der Waals surface area contributed by atoms with E-state index in [2.05, 4.69) is 47.9 Å². The lowest BCUT2D eigenvalue weighted by Crippen LogP contribution is -2.52. The van der Waals surface area contributed by atoms with Gasteiger partial charge in [-0.15, -0.1) is 10.2 Å². The first-order valence-corrected chi connectivity index (χ1v) is 16.4. The molecule has 200 valence electrons. The van der Waals surface area contributed by atoms with Crippen molar-refractivity contribution in [3.8, 4) is 28.8 Å². The van der Waals surface area contributed by atoms with Crippen molar-refractivity contribution in [1.29, 1.82) is 0 Å². The molecule has 0 aliphatic carbocycles. The minimum absolute atomic E-state index is 0.00822. The Labute approximate surface area is 237 Å². The molecule has 1 N–H and O–H groups in total. The summed E-state index contributed by atoms with van der Waals surface area (Å²) in [6.07, 6.45) is 0.944. The Hall–Kier alpha value is -2.26. The van der Waals surface area contributed by atoms with Crippen LogP contribution in [0, 0.1) is 6.92 Å². The molecule has 2 aromatic heterocycles. The maximum Gasteiger partial charge on any atom is 0.317 e. The van der Waals surface area contributed by atoms with Crippen molar-refractivity contribution >= 4 is 54.1 Å². The molecule has 1 aromatic carbocycles. The van der Waals surface area contributed by atoms with Crippen molar-refractivity contribution in [1.82, 2.24) is 25.0 Å². The number of urea groups is 1. The van der Waals surface area contributed by atoms with Gasteiger partial charge in [0.15, 0.2) is 5.76 Å². The van der Waals surface area contributed by atoms with Crippen LogP contribution in [0.5, 0.6) is 11.5 Å². The number of carbonyl (C=O) groups is 1. The highest BCUT2D eigenvalue weighted by Crippen LogP contribution is 2.39. The molecular weight excluding hydrogens is 627 g/mol. The Morgan fingerprint density at radius 1 is 1.19 bits per heavy atom. The molecular formula is C24H31IN6O4S2. The molecule has 0 spiro atoms. The van der Waals surface area contributed by atoms with Crippen molar-refractivity contribution < 1.29 is 18.7 Å². The molecule has 1 atom stereocenters. The molecule has 1 saturated heterocycles. The minimum atomic E-state index is -0.00822. The van der Waals surface area contributed by atoms with E-state index in [0.29, 0.717) is 53.6 Å². The Morgan fingerprint density at radius 3 is 2.57 bits per heavy atom.